The first-order valence-corrected chi connectivity index (χ1v) is 5.17. The number of amides is 3. The summed E-state index contributed by atoms with van der Waals surface area (Å²) >= 11 is 1.62. The van der Waals surface area contributed by atoms with Crippen molar-refractivity contribution in [2.24, 2.45) is 0 Å². The number of carbonyl (C=O) groups excluding carboxylic acids is 2. The molecule has 0 saturated carbocycles. The molecule has 0 aromatic heterocycles. The largest absolute Gasteiger partial charge is 0.326 e. The Kier molecular flexibility index (Phi) is 2.97. The third-order valence-corrected chi connectivity index (χ3v) is 2.33. The van der Waals surface area contributed by atoms with E-state index in [-0.39, 0.29) is 18.0 Å². The van der Waals surface area contributed by atoms with E-state index in [1.807, 2.05) is 6.26 Å². The lowest BCUT2D eigenvalue weighted by Gasteiger charge is -2.10. The molecule has 1 saturated heterocycles. The van der Waals surface area contributed by atoms with Gasteiger partial charge in [-0.2, -0.15) is 11.8 Å². The number of hydrogen-bond acceptors (Lipinski definition) is 3. The van der Waals surface area contributed by atoms with E-state index in [1.165, 1.54) is 4.90 Å². The van der Waals surface area contributed by atoms with Crippen molar-refractivity contribution in [1.82, 2.24) is 10.2 Å². The summed E-state index contributed by atoms with van der Waals surface area (Å²) in [7, 11) is 0. The van der Waals surface area contributed by atoms with Crippen molar-refractivity contribution < 1.29 is 9.59 Å². The van der Waals surface area contributed by atoms with Crippen LogP contribution in [-0.2, 0) is 4.79 Å². The molecule has 4 nitrogen and oxygen atoms in total. The highest BCUT2D eigenvalue weighted by molar-refractivity contribution is 7.98. The van der Waals surface area contributed by atoms with Crippen LogP contribution < -0.4 is 5.32 Å². The Hall–Kier alpha value is -0.710. The summed E-state index contributed by atoms with van der Waals surface area (Å²) in [6.45, 7) is 2.20. The predicted octanol–water partition coefficient (Wildman–Crippen LogP) is 0.290. The maximum atomic E-state index is 11.3. The van der Waals surface area contributed by atoms with Gasteiger partial charge in [0.05, 0.1) is 0 Å². The second-order valence-electron chi connectivity index (χ2n) is 2.65. The second kappa shape index (κ2) is 3.80. The number of urea groups is 1. The van der Waals surface area contributed by atoms with Crippen LogP contribution in [0.4, 0.5) is 4.79 Å². The van der Waals surface area contributed by atoms with E-state index >= 15 is 0 Å². The Morgan fingerprint density at radius 3 is 2.67 bits per heavy atom. The van der Waals surface area contributed by atoms with Gasteiger partial charge in [0, 0.05) is 12.3 Å². The Bertz CT molecular complexity index is 208. The van der Waals surface area contributed by atoms with Gasteiger partial charge in [-0.3, -0.25) is 9.69 Å². The fourth-order valence-corrected chi connectivity index (χ4v) is 1.42. The van der Waals surface area contributed by atoms with Crippen LogP contribution in [-0.4, -0.2) is 41.4 Å². The van der Waals surface area contributed by atoms with Crippen LogP contribution in [0.5, 0.6) is 0 Å². The van der Waals surface area contributed by atoms with Gasteiger partial charge in [-0.25, -0.2) is 4.79 Å². The van der Waals surface area contributed by atoms with Crippen LogP contribution in [0.15, 0.2) is 0 Å². The lowest BCUT2D eigenvalue weighted by molar-refractivity contribution is -0.126. The lowest BCUT2D eigenvalue weighted by atomic mass is 10.3. The molecule has 1 rings (SSSR count). The lowest BCUT2D eigenvalue weighted by Crippen LogP contribution is -2.33. The van der Waals surface area contributed by atoms with Gasteiger partial charge in [0.2, 0.25) is 0 Å². The normalized spacial score (nSPS) is 23.2. The van der Waals surface area contributed by atoms with E-state index in [0.717, 1.165) is 5.75 Å². The van der Waals surface area contributed by atoms with Crippen molar-refractivity contribution in [1.29, 1.82) is 0 Å². The zero-order valence-corrected chi connectivity index (χ0v) is 7.98. The summed E-state index contributed by atoms with van der Waals surface area (Å²) < 4.78 is 0. The van der Waals surface area contributed by atoms with Crippen molar-refractivity contribution in [3.8, 4) is 0 Å². The van der Waals surface area contributed by atoms with Gasteiger partial charge >= 0.3 is 6.03 Å². The SMILES string of the molecule is CSCCN1C(=O)N[C@@H](C)C1=O. The van der Waals surface area contributed by atoms with Crippen LogP contribution in [0.1, 0.15) is 6.92 Å². The number of nitrogens with one attached hydrogen (secondary N) is 1. The molecular formula is C7H12N2O2S. The minimum Gasteiger partial charge on any atom is -0.326 e. The minimum absolute atomic E-state index is 0.117. The molecule has 1 heterocycles. The van der Waals surface area contributed by atoms with Gasteiger partial charge in [0.1, 0.15) is 6.04 Å². The molecule has 5 heteroatoms. The van der Waals surface area contributed by atoms with Crippen molar-refractivity contribution in [2.75, 3.05) is 18.6 Å². The van der Waals surface area contributed by atoms with Gasteiger partial charge in [-0.1, -0.05) is 0 Å². The Morgan fingerprint density at radius 1 is 1.58 bits per heavy atom. The number of carbonyl (C=O) groups is 2. The van der Waals surface area contributed by atoms with Crippen LogP contribution in [0.25, 0.3) is 0 Å². The molecule has 12 heavy (non-hydrogen) atoms. The third kappa shape index (κ3) is 1.72. The van der Waals surface area contributed by atoms with E-state index in [1.54, 1.807) is 18.7 Å². The molecule has 0 spiro atoms. The van der Waals surface area contributed by atoms with Gasteiger partial charge in [0.25, 0.3) is 5.91 Å². The van der Waals surface area contributed by atoms with E-state index in [2.05, 4.69) is 5.32 Å². The van der Waals surface area contributed by atoms with Crippen LogP contribution >= 0.6 is 11.8 Å². The topological polar surface area (TPSA) is 49.4 Å². The molecule has 1 N–H and O–H groups in total. The fraction of sp³-hybridized carbons (Fsp3) is 0.714. The van der Waals surface area contributed by atoms with Gasteiger partial charge in [0.15, 0.2) is 0 Å². The molecule has 1 aliphatic heterocycles. The van der Waals surface area contributed by atoms with E-state index in [9.17, 15) is 9.59 Å². The van der Waals surface area contributed by atoms with E-state index in [4.69, 9.17) is 0 Å². The van der Waals surface area contributed by atoms with Crippen molar-refractivity contribution in [3.05, 3.63) is 0 Å². The first-order chi connectivity index (χ1) is 5.66. The second-order valence-corrected chi connectivity index (χ2v) is 3.64. The number of thioether (sulfide) groups is 1. The molecule has 0 aromatic rings. The highest BCUT2D eigenvalue weighted by Crippen LogP contribution is 2.06. The minimum atomic E-state index is -0.348. The smallest absolute Gasteiger partial charge is 0.324 e. The maximum Gasteiger partial charge on any atom is 0.324 e. The summed E-state index contributed by atoms with van der Waals surface area (Å²) in [4.78, 5) is 23.6. The molecule has 0 bridgehead atoms. The van der Waals surface area contributed by atoms with Crippen LogP contribution in [0.3, 0.4) is 0 Å². The molecule has 1 fully saturated rings. The first-order valence-electron chi connectivity index (χ1n) is 3.77. The molecule has 0 aliphatic carbocycles. The molecule has 68 valence electrons. The monoisotopic (exact) mass is 188 g/mol. The van der Waals surface area contributed by atoms with Gasteiger partial charge in [-0.05, 0) is 13.2 Å². The predicted molar refractivity (Wildman–Crippen MR) is 48.1 cm³/mol. The molecule has 3 amide bonds. The van der Waals surface area contributed by atoms with Crippen molar-refractivity contribution in [3.63, 3.8) is 0 Å². The summed E-state index contributed by atoms with van der Waals surface area (Å²) in [6.07, 6.45) is 1.95. The first kappa shape index (κ1) is 9.38. The Labute approximate surface area is 75.7 Å². The molecule has 0 aromatic carbocycles. The van der Waals surface area contributed by atoms with Crippen LogP contribution in [0, 0.1) is 0 Å². The van der Waals surface area contributed by atoms with E-state index in [0.29, 0.717) is 6.54 Å². The molecule has 1 atom stereocenters. The fourth-order valence-electron chi connectivity index (χ4n) is 1.05. The van der Waals surface area contributed by atoms with Gasteiger partial charge < -0.3 is 5.32 Å². The molecule has 0 radical (unpaired) electrons. The molecule has 1 aliphatic rings. The maximum absolute atomic E-state index is 11.3. The zero-order valence-electron chi connectivity index (χ0n) is 7.16. The average Bonchev–Trinajstić information content (AvgIpc) is 2.25. The summed E-state index contributed by atoms with van der Waals surface area (Å²) in [5.41, 5.74) is 0. The zero-order chi connectivity index (χ0) is 9.14. The molecule has 0 unspecified atom stereocenters. The Morgan fingerprint density at radius 2 is 2.25 bits per heavy atom. The number of hydrogen-bond donors (Lipinski definition) is 1. The highest BCUT2D eigenvalue weighted by Gasteiger charge is 2.34. The van der Waals surface area contributed by atoms with E-state index < -0.39 is 0 Å². The summed E-state index contributed by atoms with van der Waals surface area (Å²) in [6, 6.07) is -0.610. The number of nitrogens with zero attached hydrogens (tertiary/aromatic N) is 1. The summed E-state index contributed by atoms with van der Waals surface area (Å²) in [5.74, 6) is 0.681. The third-order valence-electron chi connectivity index (χ3n) is 1.74. The number of imide groups is 1. The quantitative estimate of drug-likeness (QED) is 0.648. The Balaban J connectivity index is 2.52. The summed E-state index contributed by atoms with van der Waals surface area (Å²) in [5, 5.41) is 2.55. The van der Waals surface area contributed by atoms with Gasteiger partial charge in [-0.15, -0.1) is 0 Å². The van der Waals surface area contributed by atoms with Crippen LogP contribution in [0.2, 0.25) is 0 Å². The average molecular weight is 188 g/mol. The van der Waals surface area contributed by atoms with Crippen molar-refractivity contribution >= 4 is 23.7 Å². The standard InChI is InChI=1S/C7H12N2O2S/c1-5-6(10)9(3-4-12-2)7(11)8-5/h5H,3-4H2,1-2H3,(H,8,11)/t5-/m0/s1. The highest BCUT2D eigenvalue weighted by atomic mass is 32.2. The van der Waals surface area contributed by atoms with Crippen molar-refractivity contribution in [2.45, 2.75) is 13.0 Å². The molecular weight excluding hydrogens is 176 g/mol. The number of rotatable bonds is 3.